The molecule has 0 aliphatic carbocycles. The number of benzene rings is 3. The van der Waals surface area contributed by atoms with E-state index in [1.165, 1.54) is 16.7 Å². The van der Waals surface area contributed by atoms with Crippen LogP contribution in [0.25, 0.3) is 0 Å². The molecule has 1 fully saturated rings. The van der Waals surface area contributed by atoms with Gasteiger partial charge in [0.1, 0.15) is 6.04 Å². The highest BCUT2D eigenvalue weighted by molar-refractivity contribution is 5.87. The summed E-state index contributed by atoms with van der Waals surface area (Å²) in [4.78, 5) is 15.4. The molecule has 1 heterocycles. The third-order valence-corrected chi connectivity index (χ3v) is 6.64. The average molecular weight is 472 g/mol. The monoisotopic (exact) mass is 471 g/mol. The zero-order chi connectivity index (χ0) is 24.6. The van der Waals surface area contributed by atoms with Crippen molar-refractivity contribution in [3.63, 3.8) is 0 Å². The topological polar surface area (TPSA) is 53.6 Å². The summed E-state index contributed by atoms with van der Waals surface area (Å²) in [5.41, 5.74) is 6.93. The molecule has 1 saturated heterocycles. The number of carbonyl (C=O) groups excluding carboxylic acids is 1. The molecule has 3 aromatic rings. The van der Waals surface area contributed by atoms with E-state index in [2.05, 4.69) is 79.1 Å². The Bertz CT molecular complexity index is 1090. The largest absolute Gasteiger partial charge is 0.384 e. The molecule has 0 unspecified atom stereocenters. The summed E-state index contributed by atoms with van der Waals surface area (Å²) in [6.45, 7) is 7.23. The predicted molar refractivity (Wildman–Crippen MR) is 144 cm³/mol. The summed E-state index contributed by atoms with van der Waals surface area (Å²) < 4.78 is 5.27. The number of nitrogens with one attached hydrogen (secondary N) is 2. The summed E-state index contributed by atoms with van der Waals surface area (Å²) in [6.07, 6.45) is 1.58. The van der Waals surface area contributed by atoms with Crippen molar-refractivity contribution in [3.8, 4) is 0 Å². The van der Waals surface area contributed by atoms with Gasteiger partial charge in [-0.1, -0.05) is 71.8 Å². The van der Waals surface area contributed by atoms with Gasteiger partial charge >= 0.3 is 0 Å². The van der Waals surface area contributed by atoms with E-state index >= 15 is 0 Å². The maximum Gasteiger partial charge on any atom is 0.245 e. The lowest BCUT2D eigenvalue weighted by molar-refractivity contribution is -0.139. The van der Waals surface area contributed by atoms with Gasteiger partial charge in [-0.15, -0.1) is 0 Å². The molecular weight excluding hydrogens is 434 g/mol. The predicted octanol–water partition coefficient (Wildman–Crippen LogP) is 5.09. The van der Waals surface area contributed by atoms with E-state index in [-0.39, 0.29) is 11.9 Å². The molecule has 184 valence electrons. The number of methoxy groups -OCH3 is 1. The maximum absolute atomic E-state index is 13.5. The molecule has 1 atom stereocenters. The summed E-state index contributed by atoms with van der Waals surface area (Å²) >= 11 is 0. The minimum atomic E-state index is -0.332. The van der Waals surface area contributed by atoms with Gasteiger partial charge in [-0.2, -0.15) is 0 Å². The van der Waals surface area contributed by atoms with Crippen molar-refractivity contribution < 1.29 is 9.53 Å². The van der Waals surface area contributed by atoms with Gasteiger partial charge in [0, 0.05) is 39.1 Å². The van der Waals surface area contributed by atoms with E-state index in [9.17, 15) is 4.79 Å². The molecule has 3 aromatic carbocycles. The van der Waals surface area contributed by atoms with Crippen LogP contribution < -0.4 is 10.6 Å². The van der Waals surface area contributed by atoms with Crippen LogP contribution in [0.15, 0.2) is 72.8 Å². The molecule has 0 bridgehead atoms. The fraction of sp³-hybridized carbons (Fsp3) is 0.367. The minimum Gasteiger partial charge on any atom is -0.384 e. The number of para-hydroxylation sites is 2. The van der Waals surface area contributed by atoms with Crippen molar-refractivity contribution in [1.82, 2.24) is 4.90 Å². The summed E-state index contributed by atoms with van der Waals surface area (Å²) in [5.74, 6) is 0.576. The van der Waals surface area contributed by atoms with Gasteiger partial charge in [0.2, 0.25) is 5.91 Å². The number of hydrogen-bond donors (Lipinski definition) is 2. The van der Waals surface area contributed by atoms with Crippen LogP contribution >= 0.6 is 0 Å². The Morgan fingerprint density at radius 2 is 1.51 bits per heavy atom. The third kappa shape index (κ3) is 6.86. The van der Waals surface area contributed by atoms with Crippen LogP contribution in [-0.2, 0) is 22.4 Å². The zero-order valence-corrected chi connectivity index (χ0v) is 21.1. The second-order valence-corrected chi connectivity index (χ2v) is 9.66. The highest BCUT2D eigenvalue weighted by atomic mass is 16.5. The van der Waals surface area contributed by atoms with Gasteiger partial charge in [-0.25, -0.2) is 0 Å². The van der Waals surface area contributed by atoms with E-state index in [4.69, 9.17) is 4.74 Å². The van der Waals surface area contributed by atoms with Crippen LogP contribution in [0.1, 0.15) is 22.3 Å². The van der Waals surface area contributed by atoms with Crippen LogP contribution in [0.2, 0.25) is 0 Å². The Kier molecular flexibility index (Phi) is 8.43. The molecule has 0 saturated carbocycles. The van der Waals surface area contributed by atoms with Crippen molar-refractivity contribution in [2.75, 3.05) is 44.0 Å². The summed E-state index contributed by atoms with van der Waals surface area (Å²) in [6, 6.07) is 24.9. The van der Waals surface area contributed by atoms with Crippen molar-refractivity contribution in [2.24, 2.45) is 5.92 Å². The molecule has 5 nitrogen and oxygen atoms in total. The Balaban J connectivity index is 1.45. The standard InChI is InChI=1S/C30H37N3O2/c1-22-8-12-24(13-9-22)16-17-31-27-6-4-5-7-28(27)32-29(18-25-14-10-23(2)11-15-25)30(34)33-19-26(20-33)21-35-3/h4-15,26,29,31-32H,16-21H2,1-3H3/t29-/m0/s1. The first-order chi connectivity index (χ1) is 17.0. The van der Waals surface area contributed by atoms with Crippen molar-refractivity contribution in [2.45, 2.75) is 32.7 Å². The molecule has 1 amide bonds. The van der Waals surface area contributed by atoms with Crippen LogP contribution in [0, 0.1) is 19.8 Å². The average Bonchev–Trinajstić information content (AvgIpc) is 2.84. The number of ether oxygens (including phenoxy) is 1. The smallest absolute Gasteiger partial charge is 0.245 e. The van der Waals surface area contributed by atoms with Gasteiger partial charge in [0.25, 0.3) is 0 Å². The minimum absolute atomic E-state index is 0.146. The number of aryl methyl sites for hydroxylation is 2. The van der Waals surface area contributed by atoms with Gasteiger partial charge < -0.3 is 20.3 Å². The lowest BCUT2D eigenvalue weighted by atomic mass is 9.97. The van der Waals surface area contributed by atoms with E-state index in [0.29, 0.717) is 18.9 Å². The first-order valence-corrected chi connectivity index (χ1v) is 12.5. The zero-order valence-electron chi connectivity index (χ0n) is 21.1. The molecule has 2 N–H and O–H groups in total. The number of amides is 1. The van der Waals surface area contributed by atoms with Gasteiger partial charge in [-0.05, 0) is 43.5 Å². The van der Waals surface area contributed by atoms with Crippen molar-refractivity contribution in [3.05, 3.63) is 95.1 Å². The highest BCUT2D eigenvalue weighted by Crippen LogP contribution is 2.25. The van der Waals surface area contributed by atoms with E-state index in [1.54, 1.807) is 7.11 Å². The normalized spacial score (nSPS) is 14.3. The molecule has 4 rings (SSSR count). The van der Waals surface area contributed by atoms with Crippen LogP contribution in [-0.4, -0.2) is 50.2 Å². The maximum atomic E-state index is 13.5. The fourth-order valence-electron chi connectivity index (χ4n) is 4.52. The Morgan fingerprint density at radius 3 is 2.14 bits per heavy atom. The number of likely N-dealkylation sites (tertiary alicyclic amines) is 1. The molecular formula is C30H37N3O2. The third-order valence-electron chi connectivity index (χ3n) is 6.64. The van der Waals surface area contributed by atoms with Crippen molar-refractivity contribution >= 4 is 17.3 Å². The van der Waals surface area contributed by atoms with Gasteiger partial charge in [-0.3, -0.25) is 4.79 Å². The van der Waals surface area contributed by atoms with E-state index < -0.39 is 0 Å². The van der Waals surface area contributed by atoms with Gasteiger partial charge in [0.15, 0.2) is 0 Å². The molecule has 1 aliphatic heterocycles. The van der Waals surface area contributed by atoms with Crippen LogP contribution in [0.3, 0.4) is 0 Å². The fourth-order valence-corrected chi connectivity index (χ4v) is 4.52. The quantitative estimate of drug-likeness (QED) is 0.409. The first kappa shape index (κ1) is 24.8. The van der Waals surface area contributed by atoms with Crippen LogP contribution in [0.4, 0.5) is 11.4 Å². The van der Waals surface area contributed by atoms with E-state index in [0.717, 1.165) is 43.0 Å². The molecule has 35 heavy (non-hydrogen) atoms. The molecule has 1 aliphatic rings. The van der Waals surface area contributed by atoms with E-state index in [1.807, 2.05) is 23.1 Å². The Morgan fingerprint density at radius 1 is 0.914 bits per heavy atom. The second-order valence-electron chi connectivity index (χ2n) is 9.66. The number of rotatable bonds is 11. The number of anilines is 2. The number of carbonyl (C=O) groups is 1. The summed E-state index contributed by atoms with van der Waals surface area (Å²) in [7, 11) is 1.72. The molecule has 0 radical (unpaired) electrons. The lowest BCUT2D eigenvalue weighted by Crippen LogP contribution is -2.56. The lowest BCUT2D eigenvalue weighted by Gasteiger charge is -2.41. The van der Waals surface area contributed by atoms with Gasteiger partial charge in [0.05, 0.1) is 18.0 Å². The highest BCUT2D eigenvalue weighted by Gasteiger charge is 2.34. The SMILES string of the molecule is COCC1CN(C(=O)[C@H](Cc2ccc(C)cc2)Nc2ccccc2NCCc2ccc(C)cc2)C1. The number of hydrogen-bond acceptors (Lipinski definition) is 4. The van der Waals surface area contributed by atoms with Crippen LogP contribution in [0.5, 0.6) is 0 Å². The molecule has 0 aromatic heterocycles. The Hall–Kier alpha value is -3.31. The number of nitrogens with zero attached hydrogens (tertiary/aromatic N) is 1. The second kappa shape index (κ2) is 11.9. The Labute approximate surface area is 209 Å². The molecule has 5 heteroatoms. The first-order valence-electron chi connectivity index (χ1n) is 12.5. The molecule has 0 spiro atoms. The van der Waals surface area contributed by atoms with Crippen molar-refractivity contribution in [1.29, 1.82) is 0 Å². The summed E-state index contributed by atoms with van der Waals surface area (Å²) in [5, 5.41) is 7.15.